The third-order valence-corrected chi connectivity index (χ3v) is 4.11. The Morgan fingerprint density at radius 3 is 2.60 bits per heavy atom. The summed E-state index contributed by atoms with van der Waals surface area (Å²) in [4.78, 5) is 31.8. The van der Waals surface area contributed by atoms with Crippen molar-refractivity contribution in [2.75, 3.05) is 0 Å². The summed E-state index contributed by atoms with van der Waals surface area (Å²) >= 11 is 0. The number of rotatable bonds is 3. The summed E-state index contributed by atoms with van der Waals surface area (Å²) in [5.74, 6) is -0.103. The van der Waals surface area contributed by atoms with Gasteiger partial charge in [0.25, 0.3) is 5.56 Å². The fourth-order valence-electron chi connectivity index (χ4n) is 2.97. The molecule has 4 aromatic rings. The molecule has 0 saturated carbocycles. The molecule has 1 aromatic carbocycles. The van der Waals surface area contributed by atoms with Crippen molar-refractivity contribution in [2.45, 2.75) is 6.92 Å². The molecule has 0 aliphatic carbocycles. The van der Waals surface area contributed by atoms with Crippen molar-refractivity contribution in [1.82, 2.24) is 20.2 Å². The first-order valence-corrected chi connectivity index (χ1v) is 7.77. The van der Waals surface area contributed by atoms with Gasteiger partial charge in [-0.25, -0.2) is 5.10 Å². The molecular weight excluding hydrogens is 316 g/mol. The second kappa shape index (κ2) is 5.83. The van der Waals surface area contributed by atoms with Gasteiger partial charge >= 0.3 is 0 Å². The van der Waals surface area contributed by atoms with E-state index in [2.05, 4.69) is 20.2 Å². The molecule has 6 nitrogen and oxygen atoms in total. The Bertz CT molecular complexity index is 1140. The van der Waals surface area contributed by atoms with E-state index in [1.54, 1.807) is 18.5 Å². The quantitative estimate of drug-likeness (QED) is 0.564. The number of H-pyrrole nitrogens is 2. The molecule has 6 heteroatoms. The highest BCUT2D eigenvalue weighted by molar-refractivity contribution is 6.12. The van der Waals surface area contributed by atoms with Gasteiger partial charge in [0.1, 0.15) is 0 Å². The number of nitrogens with one attached hydrogen (secondary N) is 2. The molecule has 3 aromatic heterocycles. The molecule has 122 valence electrons. The zero-order valence-corrected chi connectivity index (χ0v) is 13.4. The normalized spacial score (nSPS) is 10.9. The van der Waals surface area contributed by atoms with Crippen molar-refractivity contribution < 1.29 is 4.79 Å². The minimum absolute atomic E-state index is 0.103. The summed E-state index contributed by atoms with van der Waals surface area (Å²) in [6.45, 7) is 1.50. The summed E-state index contributed by atoms with van der Waals surface area (Å²) in [6, 6.07) is 12.8. The highest BCUT2D eigenvalue weighted by Crippen LogP contribution is 2.30. The van der Waals surface area contributed by atoms with Gasteiger partial charge in [-0.05, 0) is 31.2 Å². The standard InChI is InChI=1S/C19H14N4O2/c1-11(24)17-13-4-2-3-5-15(13)21-18(17)14-10-16(22-23-19(14)25)12-6-8-20-9-7-12/h2-10,21H,1H3,(H,23,25). The number of hydrogen-bond acceptors (Lipinski definition) is 4. The van der Waals surface area contributed by atoms with E-state index >= 15 is 0 Å². The predicted molar refractivity (Wildman–Crippen MR) is 95.4 cm³/mol. The van der Waals surface area contributed by atoms with E-state index in [9.17, 15) is 9.59 Å². The Kier molecular flexibility index (Phi) is 3.50. The Balaban J connectivity index is 1.99. The molecule has 4 rings (SSSR count). The summed E-state index contributed by atoms with van der Waals surface area (Å²) in [5.41, 5.74) is 3.28. The lowest BCUT2D eigenvalue weighted by Crippen LogP contribution is -2.13. The molecule has 0 bridgehead atoms. The Labute approximate surface area is 142 Å². The monoisotopic (exact) mass is 330 g/mol. The van der Waals surface area contributed by atoms with Crippen molar-refractivity contribution in [2.24, 2.45) is 0 Å². The maximum absolute atomic E-state index is 12.4. The summed E-state index contributed by atoms with van der Waals surface area (Å²) < 4.78 is 0. The number of fused-ring (bicyclic) bond motifs is 1. The first-order chi connectivity index (χ1) is 12.1. The van der Waals surface area contributed by atoms with Crippen LogP contribution in [0, 0.1) is 0 Å². The molecule has 2 N–H and O–H groups in total. The third-order valence-electron chi connectivity index (χ3n) is 4.11. The van der Waals surface area contributed by atoms with Crippen LogP contribution in [0.3, 0.4) is 0 Å². The zero-order valence-electron chi connectivity index (χ0n) is 13.4. The predicted octanol–water partition coefficient (Wildman–Crippen LogP) is 3.18. The maximum Gasteiger partial charge on any atom is 0.273 e. The number of aromatic nitrogens is 4. The van der Waals surface area contributed by atoms with Gasteiger partial charge in [-0.1, -0.05) is 18.2 Å². The molecule has 3 heterocycles. The van der Waals surface area contributed by atoms with Gasteiger partial charge in [0, 0.05) is 28.9 Å². The molecular formula is C19H14N4O2. The Morgan fingerprint density at radius 1 is 1.08 bits per heavy atom. The Morgan fingerprint density at radius 2 is 1.84 bits per heavy atom. The summed E-state index contributed by atoms with van der Waals surface area (Å²) in [6.07, 6.45) is 3.32. The van der Waals surface area contributed by atoms with Crippen LogP contribution in [0.1, 0.15) is 17.3 Å². The highest BCUT2D eigenvalue weighted by atomic mass is 16.1. The van der Waals surface area contributed by atoms with Crippen LogP contribution >= 0.6 is 0 Å². The van der Waals surface area contributed by atoms with E-state index in [1.807, 2.05) is 36.4 Å². The lowest BCUT2D eigenvalue weighted by atomic mass is 10.0. The summed E-state index contributed by atoms with van der Waals surface area (Å²) in [7, 11) is 0. The number of para-hydroxylation sites is 1. The number of hydrogen-bond donors (Lipinski definition) is 2. The van der Waals surface area contributed by atoms with E-state index in [4.69, 9.17) is 0 Å². The SMILES string of the molecule is CC(=O)c1c(-c2cc(-c3ccncc3)n[nH]c2=O)[nH]c2ccccc12. The molecule has 0 aliphatic rings. The number of pyridine rings is 1. The van der Waals surface area contributed by atoms with Crippen LogP contribution in [0.25, 0.3) is 33.4 Å². The van der Waals surface area contributed by atoms with Crippen molar-refractivity contribution in [3.8, 4) is 22.5 Å². The lowest BCUT2D eigenvalue weighted by molar-refractivity contribution is 0.102. The van der Waals surface area contributed by atoms with Gasteiger partial charge in [0.05, 0.1) is 22.5 Å². The molecule has 0 spiro atoms. The smallest absolute Gasteiger partial charge is 0.273 e. The fraction of sp³-hybridized carbons (Fsp3) is 0.0526. The molecule has 0 atom stereocenters. The lowest BCUT2D eigenvalue weighted by Gasteiger charge is -2.04. The highest BCUT2D eigenvalue weighted by Gasteiger charge is 2.19. The number of ketones is 1. The third kappa shape index (κ3) is 2.53. The number of carbonyl (C=O) groups is 1. The number of carbonyl (C=O) groups excluding carboxylic acids is 1. The van der Waals surface area contributed by atoms with Crippen molar-refractivity contribution in [1.29, 1.82) is 0 Å². The molecule has 0 fully saturated rings. The average Bonchev–Trinajstić information content (AvgIpc) is 3.02. The van der Waals surface area contributed by atoms with Gasteiger partial charge < -0.3 is 4.98 Å². The number of Topliss-reactive ketones (excluding diaryl/α,β-unsaturated/α-hetero) is 1. The number of benzene rings is 1. The van der Waals surface area contributed by atoms with Crippen LogP contribution in [0.5, 0.6) is 0 Å². The minimum Gasteiger partial charge on any atom is -0.354 e. The van der Waals surface area contributed by atoms with Gasteiger partial charge in [-0.3, -0.25) is 14.6 Å². The molecule has 25 heavy (non-hydrogen) atoms. The van der Waals surface area contributed by atoms with Gasteiger partial charge in [-0.15, -0.1) is 0 Å². The van der Waals surface area contributed by atoms with E-state index in [0.29, 0.717) is 22.5 Å². The first-order valence-electron chi connectivity index (χ1n) is 7.77. The number of aromatic amines is 2. The van der Waals surface area contributed by atoms with Crippen LogP contribution in [0.15, 0.2) is 59.7 Å². The van der Waals surface area contributed by atoms with Gasteiger partial charge in [0.2, 0.25) is 0 Å². The Hall–Kier alpha value is -3.54. The topological polar surface area (TPSA) is 91.5 Å². The average molecular weight is 330 g/mol. The van der Waals surface area contributed by atoms with Gasteiger partial charge in [-0.2, -0.15) is 5.10 Å². The zero-order chi connectivity index (χ0) is 17.4. The van der Waals surface area contributed by atoms with Crippen molar-refractivity contribution in [3.05, 3.63) is 70.8 Å². The molecule has 0 aliphatic heterocycles. The summed E-state index contributed by atoms with van der Waals surface area (Å²) in [5, 5.41) is 7.42. The van der Waals surface area contributed by atoms with Crippen LogP contribution in [0.4, 0.5) is 0 Å². The molecule has 0 saturated heterocycles. The first kappa shape index (κ1) is 15.0. The van der Waals surface area contributed by atoms with Crippen LogP contribution in [0.2, 0.25) is 0 Å². The number of nitrogens with zero attached hydrogens (tertiary/aromatic N) is 2. The largest absolute Gasteiger partial charge is 0.354 e. The van der Waals surface area contributed by atoms with Crippen molar-refractivity contribution in [3.63, 3.8) is 0 Å². The van der Waals surface area contributed by atoms with E-state index in [-0.39, 0.29) is 11.3 Å². The second-order valence-electron chi connectivity index (χ2n) is 5.71. The van der Waals surface area contributed by atoms with Gasteiger partial charge in [0.15, 0.2) is 5.78 Å². The fourth-order valence-corrected chi connectivity index (χ4v) is 2.97. The van der Waals surface area contributed by atoms with Crippen LogP contribution in [-0.2, 0) is 0 Å². The maximum atomic E-state index is 12.4. The van der Waals surface area contributed by atoms with Crippen LogP contribution < -0.4 is 5.56 Å². The second-order valence-corrected chi connectivity index (χ2v) is 5.71. The van der Waals surface area contributed by atoms with Crippen molar-refractivity contribution >= 4 is 16.7 Å². The minimum atomic E-state index is -0.355. The van der Waals surface area contributed by atoms with E-state index < -0.39 is 0 Å². The molecule has 0 radical (unpaired) electrons. The molecule has 0 unspecified atom stereocenters. The molecule has 0 amide bonds. The van der Waals surface area contributed by atoms with Crippen LogP contribution in [-0.4, -0.2) is 25.9 Å². The van der Waals surface area contributed by atoms with E-state index in [0.717, 1.165) is 16.5 Å². The van der Waals surface area contributed by atoms with E-state index in [1.165, 1.54) is 6.92 Å².